The van der Waals surface area contributed by atoms with Crippen molar-refractivity contribution in [2.45, 2.75) is 37.9 Å². The Morgan fingerprint density at radius 2 is 2.15 bits per heavy atom. The molecule has 0 bridgehead atoms. The Bertz CT molecular complexity index is 958. The molecule has 0 spiro atoms. The lowest BCUT2D eigenvalue weighted by Crippen LogP contribution is -2.38. The van der Waals surface area contributed by atoms with Gasteiger partial charge in [0.1, 0.15) is 17.7 Å². The van der Waals surface area contributed by atoms with E-state index >= 15 is 0 Å². The van der Waals surface area contributed by atoms with Crippen molar-refractivity contribution in [3.8, 4) is 11.1 Å². The first-order valence-corrected chi connectivity index (χ1v) is 8.79. The number of benzene rings is 1. The maximum absolute atomic E-state index is 14.5. The quantitative estimate of drug-likeness (QED) is 0.743. The molecule has 0 saturated heterocycles. The molecule has 7 heteroatoms. The number of hydrogen-bond acceptors (Lipinski definition) is 3. The topological polar surface area (TPSA) is 58.5 Å². The Morgan fingerprint density at radius 3 is 2.88 bits per heavy atom. The summed E-state index contributed by atoms with van der Waals surface area (Å²) in [5, 5.41) is 15.1. The molecule has 0 aliphatic heterocycles. The molecule has 2 atom stereocenters. The maximum atomic E-state index is 14.5. The summed E-state index contributed by atoms with van der Waals surface area (Å²) < 4.78 is 30.2. The molecule has 0 amide bonds. The fourth-order valence-corrected chi connectivity index (χ4v) is 3.59. The molecule has 5 nitrogen and oxygen atoms in total. The average Bonchev–Trinajstić information content (AvgIpc) is 3.22. The molecule has 2 N–H and O–H groups in total. The second kappa shape index (κ2) is 6.55. The second-order valence-corrected chi connectivity index (χ2v) is 6.88. The molecule has 1 saturated carbocycles. The summed E-state index contributed by atoms with van der Waals surface area (Å²) in [6.45, 7) is 4.03. The van der Waals surface area contributed by atoms with E-state index in [0.717, 1.165) is 24.6 Å². The SMILES string of the molecule is C=C(N[C@@H]1CCCCC1F)c1n[nH]c2cc(F)c(-c3cnn(C)c3)cc12. The maximum Gasteiger partial charge on any atom is 0.133 e. The molecule has 1 aliphatic carbocycles. The fraction of sp³-hybridized carbons (Fsp3) is 0.368. The predicted octanol–water partition coefficient (Wildman–Crippen LogP) is 3.94. The zero-order valence-electron chi connectivity index (χ0n) is 14.6. The van der Waals surface area contributed by atoms with Crippen LogP contribution in [0.2, 0.25) is 0 Å². The molecular formula is C19H21F2N5. The number of aromatic amines is 1. The molecule has 136 valence electrons. The van der Waals surface area contributed by atoms with Crippen molar-refractivity contribution in [3.63, 3.8) is 0 Å². The molecule has 2 heterocycles. The zero-order chi connectivity index (χ0) is 18.3. The van der Waals surface area contributed by atoms with Gasteiger partial charge < -0.3 is 5.32 Å². The number of alkyl halides is 1. The number of rotatable bonds is 4. The van der Waals surface area contributed by atoms with Crippen LogP contribution in [0.3, 0.4) is 0 Å². The Balaban J connectivity index is 1.68. The van der Waals surface area contributed by atoms with Gasteiger partial charge in [0.2, 0.25) is 0 Å². The summed E-state index contributed by atoms with van der Waals surface area (Å²) in [5.74, 6) is -0.352. The highest BCUT2D eigenvalue weighted by Gasteiger charge is 2.26. The van der Waals surface area contributed by atoms with Gasteiger partial charge >= 0.3 is 0 Å². The van der Waals surface area contributed by atoms with E-state index < -0.39 is 6.17 Å². The van der Waals surface area contributed by atoms with Crippen molar-refractivity contribution < 1.29 is 8.78 Å². The van der Waals surface area contributed by atoms with Crippen LogP contribution in [0.15, 0.2) is 31.1 Å². The Morgan fingerprint density at radius 1 is 1.35 bits per heavy atom. The summed E-state index contributed by atoms with van der Waals surface area (Å²) in [6.07, 6.45) is 5.77. The number of aryl methyl sites for hydroxylation is 1. The van der Waals surface area contributed by atoms with Gasteiger partial charge in [-0.25, -0.2) is 8.78 Å². The van der Waals surface area contributed by atoms with Crippen molar-refractivity contribution in [1.29, 1.82) is 0 Å². The minimum atomic E-state index is -0.880. The van der Waals surface area contributed by atoms with Crippen LogP contribution in [-0.2, 0) is 7.05 Å². The van der Waals surface area contributed by atoms with Crippen molar-refractivity contribution >= 4 is 16.6 Å². The van der Waals surface area contributed by atoms with E-state index in [-0.39, 0.29) is 11.9 Å². The highest BCUT2D eigenvalue weighted by Crippen LogP contribution is 2.30. The smallest absolute Gasteiger partial charge is 0.133 e. The van der Waals surface area contributed by atoms with E-state index in [4.69, 9.17) is 0 Å². The highest BCUT2D eigenvalue weighted by molar-refractivity contribution is 5.92. The Kier molecular flexibility index (Phi) is 4.22. The van der Waals surface area contributed by atoms with Gasteiger partial charge in [-0.05, 0) is 18.9 Å². The Labute approximate surface area is 150 Å². The van der Waals surface area contributed by atoms with Crippen LogP contribution < -0.4 is 5.32 Å². The monoisotopic (exact) mass is 357 g/mol. The fourth-order valence-electron chi connectivity index (χ4n) is 3.59. The van der Waals surface area contributed by atoms with Crippen LogP contribution in [0, 0.1) is 5.82 Å². The van der Waals surface area contributed by atoms with Crippen molar-refractivity contribution in [2.24, 2.45) is 7.05 Å². The van der Waals surface area contributed by atoms with Crippen LogP contribution in [0.5, 0.6) is 0 Å². The van der Waals surface area contributed by atoms with Crippen LogP contribution in [-0.4, -0.2) is 32.2 Å². The van der Waals surface area contributed by atoms with Crippen LogP contribution >= 0.6 is 0 Å². The largest absolute Gasteiger partial charge is 0.378 e. The second-order valence-electron chi connectivity index (χ2n) is 6.88. The molecule has 1 unspecified atom stereocenters. The number of H-pyrrole nitrogens is 1. The molecule has 2 aromatic heterocycles. The van der Waals surface area contributed by atoms with Crippen LogP contribution in [0.4, 0.5) is 8.78 Å². The van der Waals surface area contributed by atoms with Gasteiger partial charge in [-0.3, -0.25) is 9.78 Å². The Hall–Kier alpha value is -2.70. The van der Waals surface area contributed by atoms with Gasteiger partial charge in [0.15, 0.2) is 0 Å². The predicted molar refractivity (Wildman–Crippen MR) is 97.6 cm³/mol. The van der Waals surface area contributed by atoms with E-state index in [2.05, 4.69) is 27.2 Å². The van der Waals surface area contributed by atoms with Gasteiger partial charge in [-0.1, -0.05) is 19.4 Å². The number of nitrogens with zero attached hydrogens (tertiary/aromatic N) is 3. The third kappa shape index (κ3) is 2.98. The van der Waals surface area contributed by atoms with Crippen molar-refractivity contribution in [3.05, 3.63) is 42.6 Å². The highest BCUT2D eigenvalue weighted by atomic mass is 19.1. The lowest BCUT2D eigenvalue weighted by molar-refractivity contribution is 0.203. The molecule has 1 aromatic carbocycles. The van der Waals surface area contributed by atoms with Gasteiger partial charge in [0.25, 0.3) is 0 Å². The van der Waals surface area contributed by atoms with Crippen molar-refractivity contribution in [2.75, 3.05) is 0 Å². The normalized spacial score (nSPS) is 20.4. The number of nitrogens with one attached hydrogen (secondary N) is 2. The standard InChI is InChI=1S/C19H21F2N5/c1-11(23-17-6-4-3-5-15(17)20)19-14-7-13(12-9-22-26(2)10-12)16(21)8-18(14)24-25-19/h7-10,15,17,23H,1,3-6H2,2H3,(H,24,25)/t15?,17-/m1/s1. The number of fused-ring (bicyclic) bond motifs is 1. The van der Waals surface area contributed by atoms with Crippen molar-refractivity contribution in [1.82, 2.24) is 25.3 Å². The summed E-state index contributed by atoms with van der Waals surface area (Å²) in [7, 11) is 1.78. The molecule has 0 radical (unpaired) electrons. The van der Waals surface area contributed by atoms with E-state index in [9.17, 15) is 8.78 Å². The number of aromatic nitrogens is 4. The van der Waals surface area contributed by atoms with E-state index in [1.165, 1.54) is 6.07 Å². The molecule has 3 aromatic rings. The van der Waals surface area contributed by atoms with Gasteiger partial charge in [-0.15, -0.1) is 0 Å². The minimum absolute atomic E-state index is 0.249. The molecule has 1 fully saturated rings. The van der Waals surface area contributed by atoms with E-state index in [0.29, 0.717) is 34.5 Å². The molecule has 26 heavy (non-hydrogen) atoms. The summed E-state index contributed by atoms with van der Waals surface area (Å²) in [4.78, 5) is 0. The van der Waals surface area contributed by atoms with Gasteiger partial charge in [0, 0.05) is 35.8 Å². The first-order valence-electron chi connectivity index (χ1n) is 8.79. The minimum Gasteiger partial charge on any atom is -0.378 e. The number of halogens is 2. The van der Waals surface area contributed by atoms with Gasteiger partial charge in [-0.2, -0.15) is 10.2 Å². The first kappa shape index (κ1) is 16.8. The third-order valence-corrected chi connectivity index (χ3v) is 4.99. The molecule has 1 aliphatic rings. The number of hydrogen-bond donors (Lipinski definition) is 2. The average molecular weight is 357 g/mol. The van der Waals surface area contributed by atoms with E-state index in [1.807, 2.05) is 0 Å². The zero-order valence-corrected chi connectivity index (χ0v) is 14.6. The molecule has 4 rings (SSSR count). The van der Waals surface area contributed by atoms with Gasteiger partial charge in [0.05, 0.1) is 23.5 Å². The summed E-state index contributed by atoms with van der Waals surface area (Å²) >= 11 is 0. The van der Waals surface area contributed by atoms with Crippen LogP contribution in [0.25, 0.3) is 27.7 Å². The lowest BCUT2D eigenvalue weighted by atomic mass is 9.93. The lowest BCUT2D eigenvalue weighted by Gasteiger charge is -2.28. The van der Waals surface area contributed by atoms with E-state index in [1.54, 1.807) is 30.2 Å². The summed E-state index contributed by atoms with van der Waals surface area (Å²) in [5.41, 5.74) is 2.85. The van der Waals surface area contributed by atoms with Crippen LogP contribution in [0.1, 0.15) is 31.4 Å². The summed E-state index contributed by atoms with van der Waals surface area (Å²) in [6, 6.07) is 2.91. The molecular weight excluding hydrogens is 336 g/mol. The third-order valence-electron chi connectivity index (χ3n) is 4.99. The first-order chi connectivity index (χ1) is 12.5.